The summed E-state index contributed by atoms with van der Waals surface area (Å²) in [7, 11) is 0. The van der Waals surface area contributed by atoms with E-state index in [1.165, 1.54) is 11.3 Å². The summed E-state index contributed by atoms with van der Waals surface area (Å²) in [5.74, 6) is 1.23. The minimum Gasteiger partial charge on any atom is -0.286 e. The van der Waals surface area contributed by atoms with Crippen LogP contribution in [0.25, 0.3) is 0 Å². The molecule has 1 heterocycles. The molecule has 0 radical (unpaired) electrons. The summed E-state index contributed by atoms with van der Waals surface area (Å²) in [6.45, 7) is 4.49. The molecule has 19 heavy (non-hydrogen) atoms. The standard InChI is InChI=1S/C16H17NOS/c1-10-8-11(2)14-13(9-10)19-16(17-14)15(18)12-6-4-3-5-7-12/h3-7,10-11H,8-9H2,1-2H3. The molecule has 0 spiro atoms. The van der Waals surface area contributed by atoms with Crippen molar-refractivity contribution in [2.45, 2.75) is 32.6 Å². The number of carbonyl (C=O) groups excluding carboxylic acids is 1. The van der Waals surface area contributed by atoms with Crippen LogP contribution in [0.4, 0.5) is 0 Å². The van der Waals surface area contributed by atoms with E-state index in [4.69, 9.17) is 0 Å². The lowest BCUT2D eigenvalue weighted by Crippen LogP contribution is -2.13. The molecular formula is C16H17NOS. The second kappa shape index (κ2) is 4.89. The highest BCUT2D eigenvalue weighted by molar-refractivity contribution is 7.14. The van der Waals surface area contributed by atoms with Crippen molar-refractivity contribution in [3.63, 3.8) is 0 Å². The quantitative estimate of drug-likeness (QED) is 0.771. The maximum atomic E-state index is 12.4. The van der Waals surface area contributed by atoms with Crippen LogP contribution in [-0.2, 0) is 6.42 Å². The molecule has 1 aromatic carbocycles. The normalized spacial score (nSPS) is 22.0. The van der Waals surface area contributed by atoms with E-state index in [1.807, 2.05) is 30.3 Å². The molecule has 3 rings (SSSR count). The zero-order chi connectivity index (χ0) is 13.4. The molecule has 2 atom stereocenters. The van der Waals surface area contributed by atoms with Crippen molar-refractivity contribution in [3.8, 4) is 0 Å². The molecule has 0 saturated carbocycles. The van der Waals surface area contributed by atoms with Gasteiger partial charge in [-0.05, 0) is 24.7 Å². The van der Waals surface area contributed by atoms with Crippen LogP contribution in [0.15, 0.2) is 30.3 Å². The molecule has 1 aromatic heterocycles. The Labute approximate surface area is 117 Å². The fourth-order valence-corrected chi connectivity index (χ4v) is 4.13. The van der Waals surface area contributed by atoms with E-state index >= 15 is 0 Å². The van der Waals surface area contributed by atoms with Gasteiger partial charge in [-0.15, -0.1) is 11.3 Å². The predicted octanol–water partition coefficient (Wildman–Crippen LogP) is 4.06. The Morgan fingerprint density at radius 1 is 1.26 bits per heavy atom. The number of nitrogens with zero attached hydrogens (tertiary/aromatic N) is 1. The van der Waals surface area contributed by atoms with Gasteiger partial charge < -0.3 is 0 Å². The molecule has 0 amide bonds. The minimum absolute atomic E-state index is 0.0554. The van der Waals surface area contributed by atoms with E-state index < -0.39 is 0 Å². The van der Waals surface area contributed by atoms with Crippen molar-refractivity contribution in [3.05, 3.63) is 51.5 Å². The first-order valence-electron chi connectivity index (χ1n) is 6.74. The van der Waals surface area contributed by atoms with E-state index in [2.05, 4.69) is 18.8 Å². The number of aromatic nitrogens is 1. The van der Waals surface area contributed by atoms with Crippen molar-refractivity contribution in [2.75, 3.05) is 0 Å². The lowest BCUT2D eigenvalue weighted by molar-refractivity contribution is 0.103. The third-order valence-electron chi connectivity index (χ3n) is 3.71. The van der Waals surface area contributed by atoms with E-state index in [9.17, 15) is 4.79 Å². The second-order valence-corrected chi connectivity index (χ2v) is 6.55. The van der Waals surface area contributed by atoms with Gasteiger partial charge in [0.1, 0.15) is 0 Å². The van der Waals surface area contributed by atoms with Crippen LogP contribution in [0.5, 0.6) is 0 Å². The van der Waals surface area contributed by atoms with Gasteiger partial charge in [0, 0.05) is 10.4 Å². The lowest BCUT2D eigenvalue weighted by atomic mass is 9.85. The van der Waals surface area contributed by atoms with Gasteiger partial charge in [-0.2, -0.15) is 0 Å². The SMILES string of the molecule is CC1Cc2sc(C(=O)c3ccccc3)nc2C(C)C1. The number of hydrogen-bond donors (Lipinski definition) is 0. The highest BCUT2D eigenvalue weighted by Crippen LogP contribution is 2.37. The number of hydrogen-bond acceptors (Lipinski definition) is 3. The Bertz CT molecular complexity index is 602. The number of rotatable bonds is 2. The number of benzene rings is 1. The summed E-state index contributed by atoms with van der Waals surface area (Å²) in [5.41, 5.74) is 1.89. The zero-order valence-corrected chi connectivity index (χ0v) is 12.0. The Hall–Kier alpha value is -1.48. The first-order valence-corrected chi connectivity index (χ1v) is 7.56. The Morgan fingerprint density at radius 3 is 2.74 bits per heavy atom. The fourth-order valence-electron chi connectivity index (χ4n) is 2.82. The van der Waals surface area contributed by atoms with Gasteiger partial charge in [0.05, 0.1) is 5.69 Å². The van der Waals surface area contributed by atoms with E-state index in [0.29, 0.717) is 16.8 Å². The summed E-state index contributed by atoms with van der Waals surface area (Å²) < 4.78 is 0. The first-order chi connectivity index (χ1) is 9.15. The van der Waals surface area contributed by atoms with E-state index in [-0.39, 0.29) is 5.78 Å². The molecular weight excluding hydrogens is 254 g/mol. The summed E-state index contributed by atoms with van der Waals surface area (Å²) >= 11 is 1.59. The molecule has 3 heteroatoms. The third kappa shape index (κ3) is 2.35. The van der Waals surface area contributed by atoms with Gasteiger partial charge in [-0.3, -0.25) is 4.79 Å². The lowest BCUT2D eigenvalue weighted by Gasteiger charge is -2.22. The zero-order valence-electron chi connectivity index (χ0n) is 11.2. The maximum absolute atomic E-state index is 12.4. The largest absolute Gasteiger partial charge is 0.286 e. The van der Waals surface area contributed by atoms with Crippen LogP contribution in [0, 0.1) is 5.92 Å². The molecule has 0 bridgehead atoms. The third-order valence-corrected chi connectivity index (χ3v) is 4.81. The number of ketones is 1. The van der Waals surface area contributed by atoms with Crippen LogP contribution in [0.2, 0.25) is 0 Å². The summed E-state index contributed by atoms with van der Waals surface area (Å²) in [4.78, 5) is 18.3. The molecule has 0 aliphatic heterocycles. The second-order valence-electron chi connectivity index (χ2n) is 5.47. The Kier molecular flexibility index (Phi) is 3.23. The molecule has 0 N–H and O–H groups in total. The van der Waals surface area contributed by atoms with Crippen molar-refractivity contribution < 1.29 is 4.79 Å². The highest BCUT2D eigenvalue weighted by Gasteiger charge is 2.27. The highest BCUT2D eigenvalue weighted by atomic mass is 32.1. The Balaban J connectivity index is 1.95. The van der Waals surface area contributed by atoms with Gasteiger partial charge in [0.25, 0.3) is 0 Å². The van der Waals surface area contributed by atoms with Crippen molar-refractivity contribution >= 4 is 17.1 Å². The fraction of sp³-hybridized carbons (Fsp3) is 0.375. The van der Waals surface area contributed by atoms with Crippen molar-refractivity contribution in [1.29, 1.82) is 0 Å². The van der Waals surface area contributed by atoms with Crippen LogP contribution in [0.3, 0.4) is 0 Å². The molecule has 98 valence electrons. The summed E-state index contributed by atoms with van der Waals surface area (Å²) in [6, 6.07) is 9.42. The van der Waals surface area contributed by atoms with Crippen LogP contribution < -0.4 is 0 Å². The average molecular weight is 271 g/mol. The Morgan fingerprint density at radius 2 is 2.00 bits per heavy atom. The molecule has 1 aliphatic carbocycles. The van der Waals surface area contributed by atoms with Crippen molar-refractivity contribution in [2.24, 2.45) is 5.92 Å². The molecule has 0 fully saturated rings. The van der Waals surface area contributed by atoms with E-state index in [0.717, 1.165) is 17.7 Å². The number of thiazole rings is 1. The molecule has 2 aromatic rings. The maximum Gasteiger partial charge on any atom is 0.221 e. The molecule has 1 aliphatic rings. The van der Waals surface area contributed by atoms with E-state index in [1.54, 1.807) is 11.3 Å². The molecule has 2 unspecified atom stereocenters. The van der Waals surface area contributed by atoms with Gasteiger partial charge in [-0.25, -0.2) is 4.98 Å². The minimum atomic E-state index is 0.0554. The topological polar surface area (TPSA) is 30.0 Å². The molecule has 2 nitrogen and oxygen atoms in total. The summed E-state index contributed by atoms with van der Waals surface area (Å²) in [6.07, 6.45) is 2.25. The monoisotopic (exact) mass is 271 g/mol. The van der Waals surface area contributed by atoms with Gasteiger partial charge in [-0.1, -0.05) is 44.2 Å². The van der Waals surface area contributed by atoms with Crippen LogP contribution >= 0.6 is 11.3 Å². The van der Waals surface area contributed by atoms with Gasteiger partial charge in [0.15, 0.2) is 5.01 Å². The van der Waals surface area contributed by atoms with Crippen LogP contribution in [-0.4, -0.2) is 10.8 Å². The molecule has 0 saturated heterocycles. The van der Waals surface area contributed by atoms with Gasteiger partial charge in [0.2, 0.25) is 5.78 Å². The average Bonchev–Trinajstić information content (AvgIpc) is 2.83. The summed E-state index contributed by atoms with van der Waals surface area (Å²) in [5, 5.41) is 0.650. The first kappa shape index (κ1) is 12.5. The number of carbonyl (C=O) groups is 1. The predicted molar refractivity (Wildman–Crippen MR) is 77.9 cm³/mol. The smallest absolute Gasteiger partial charge is 0.221 e. The van der Waals surface area contributed by atoms with Gasteiger partial charge >= 0.3 is 0 Å². The van der Waals surface area contributed by atoms with Crippen molar-refractivity contribution in [1.82, 2.24) is 4.98 Å². The van der Waals surface area contributed by atoms with Crippen LogP contribution in [0.1, 0.15) is 52.1 Å². The number of fused-ring (bicyclic) bond motifs is 1.